The monoisotopic (exact) mass is 402 g/mol. The van der Waals surface area contributed by atoms with Crippen LogP contribution in [0.3, 0.4) is 0 Å². The smallest absolute Gasteiger partial charge is 0.422 e. The highest BCUT2D eigenvalue weighted by atomic mass is 19.4. The molecule has 29 heavy (non-hydrogen) atoms. The lowest BCUT2D eigenvalue weighted by molar-refractivity contribution is -0.154. The van der Waals surface area contributed by atoms with Crippen LogP contribution in [-0.4, -0.2) is 23.7 Å². The molecular weight excluding hydrogens is 381 g/mol. The third-order valence-corrected chi connectivity index (χ3v) is 5.36. The predicted octanol–water partition coefficient (Wildman–Crippen LogP) is 4.57. The summed E-state index contributed by atoms with van der Waals surface area (Å²) >= 11 is 0. The molecule has 1 heterocycles. The van der Waals surface area contributed by atoms with Gasteiger partial charge in [0.1, 0.15) is 0 Å². The zero-order valence-corrected chi connectivity index (χ0v) is 15.9. The Kier molecular flexibility index (Phi) is 5.06. The zero-order chi connectivity index (χ0) is 20.6. The molecule has 1 amide bonds. The van der Waals surface area contributed by atoms with Gasteiger partial charge in [-0.1, -0.05) is 36.4 Å². The van der Waals surface area contributed by atoms with E-state index in [0.717, 1.165) is 12.8 Å². The molecule has 0 bridgehead atoms. The summed E-state index contributed by atoms with van der Waals surface area (Å²) in [6.07, 6.45) is 3.05. The second-order valence-corrected chi connectivity index (χ2v) is 7.58. The number of halogens is 3. The standard InChI is InChI=1S/C22H21F3N2O2/c1-13(17-7-8-20(26-11-17)29-12-22(23,24)25)27-21(28)19-10-18(19)16-6-5-14-3-2-4-15(14)9-16/h2-3,5-9,11,13,18-19H,4,10,12H2,1H3,(H,27,28)/t13-,18?,19?/m1/s1. The molecule has 2 aromatic rings. The molecule has 2 aliphatic rings. The Bertz CT molecular complexity index is 938. The molecule has 7 heteroatoms. The van der Waals surface area contributed by atoms with Gasteiger partial charge in [0.05, 0.1) is 6.04 Å². The van der Waals surface area contributed by atoms with Gasteiger partial charge in [0.25, 0.3) is 0 Å². The Hall–Kier alpha value is -2.83. The van der Waals surface area contributed by atoms with Gasteiger partial charge in [0.2, 0.25) is 11.8 Å². The van der Waals surface area contributed by atoms with Crippen molar-refractivity contribution in [2.45, 2.75) is 37.9 Å². The second-order valence-electron chi connectivity index (χ2n) is 7.58. The Morgan fingerprint density at radius 1 is 1.31 bits per heavy atom. The van der Waals surface area contributed by atoms with Crippen molar-refractivity contribution in [2.75, 3.05) is 6.61 Å². The van der Waals surface area contributed by atoms with E-state index in [0.29, 0.717) is 5.56 Å². The summed E-state index contributed by atoms with van der Waals surface area (Å²) in [4.78, 5) is 16.5. The van der Waals surface area contributed by atoms with Crippen molar-refractivity contribution < 1.29 is 22.7 Å². The summed E-state index contributed by atoms with van der Waals surface area (Å²) in [5, 5.41) is 2.97. The maximum absolute atomic E-state index is 12.6. The number of carbonyl (C=O) groups excluding carboxylic acids is 1. The number of nitrogens with zero attached hydrogens (tertiary/aromatic N) is 1. The van der Waals surface area contributed by atoms with Gasteiger partial charge < -0.3 is 10.1 Å². The van der Waals surface area contributed by atoms with Crippen LogP contribution in [0.5, 0.6) is 5.88 Å². The minimum atomic E-state index is -4.40. The summed E-state index contributed by atoms with van der Waals surface area (Å²) in [6.45, 7) is 0.442. The Morgan fingerprint density at radius 2 is 2.14 bits per heavy atom. The first-order valence-electron chi connectivity index (χ1n) is 9.55. The van der Waals surface area contributed by atoms with Gasteiger partial charge in [-0.2, -0.15) is 13.2 Å². The molecule has 1 fully saturated rings. The second kappa shape index (κ2) is 7.54. The number of pyridine rings is 1. The average Bonchev–Trinajstić information content (AvgIpc) is 3.36. The topological polar surface area (TPSA) is 51.2 Å². The van der Waals surface area contributed by atoms with Crippen molar-refractivity contribution in [3.05, 3.63) is 64.9 Å². The number of rotatable bonds is 6. The number of benzene rings is 1. The fraction of sp³-hybridized carbons (Fsp3) is 0.364. The molecule has 2 aliphatic carbocycles. The molecule has 1 aromatic carbocycles. The van der Waals surface area contributed by atoms with Crippen LogP contribution in [0.1, 0.15) is 47.6 Å². The number of carbonyl (C=O) groups is 1. The van der Waals surface area contributed by atoms with Crippen molar-refractivity contribution in [1.82, 2.24) is 10.3 Å². The third kappa shape index (κ3) is 4.60. The SMILES string of the molecule is C[C@@H](NC(=O)C1CC1c1ccc2c(c1)CC=C2)c1ccc(OCC(F)(F)F)nc1. The number of hydrogen-bond donors (Lipinski definition) is 1. The number of fused-ring (bicyclic) bond motifs is 1. The van der Waals surface area contributed by atoms with Crippen molar-refractivity contribution in [3.63, 3.8) is 0 Å². The van der Waals surface area contributed by atoms with Crippen LogP contribution in [0, 0.1) is 5.92 Å². The van der Waals surface area contributed by atoms with E-state index in [2.05, 4.69) is 45.4 Å². The van der Waals surface area contributed by atoms with Crippen LogP contribution in [0.2, 0.25) is 0 Å². The third-order valence-electron chi connectivity index (χ3n) is 5.36. The lowest BCUT2D eigenvalue weighted by atomic mass is 10.0. The van der Waals surface area contributed by atoms with E-state index in [9.17, 15) is 18.0 Å². The van der Waals surface area contributed by atoms with Crippen molar-refractivity contribution in [3.8, 4) is 5.88 Å². The van der Waals surface area contributed by atoms with Crippen molar-refractivity contribution in [1.29, 1.82) is 0 Å². The van der Waals surface area contributed by atoms with Gasteiger partial charge in [0, 0.05) is 18.2 Å². The highest BCUT2D eigenvalue weighted by Gasteiger charge is 2.44. The number of amides is 1. The van der Waals surface area contributed by atoms with E-state index in [4.69, 9.17) is 0 Å². The first-order valence-corrected chi connectivity index (χ1v) is 9.55. The molecule has 3 atom stereocenters. The molecule has 152 valence electrons. The molecule has 1 N–H and O–H groups in total. The molecule has 1 aromatic heterocycles. The number of aromatic nitrogens is 1. The summed E-state index contributed by atoms with van der Waals surface area (Å²) < 4.78 is 41.2. The summed E-state index contributed by atoms with van der Waals surface area (Å²) in [5.41, 5.74) is 4.46. The first kappa shape index (κ1) is 19.5. The Labute approximate surface area is 166 Å². The molecular formula is C22H21F3N2O2. The highest BCUT2D eigenvalue weighted by Crippen LogP contribution is 2.48. The fourth-order valence-electron chi connectivity index (χ4n) is 3.65. The van der Waals surface area contributed by atoms with Crippen LogP contribution in [0.4, 0.5) is 13.2 Å². The van der Waals surface area contributed by atoms with Crippen molar-refractivity contribution >= 4 is 12.0 Å². The molecule has 4 rings (SSSR count). The molecule has 4 nitrogen and oxygen atoms in total. The largest absolute Gasteiger partial charge is 0.468 e. The molecule has 0 radical (unpaired) electrons. The van der Waals surface area contributed by atoms with Crippen molar-refractivity contribution in [2.24, 2.45) is 5.92 Å². The molecule has 0 aliphatic heterocycles. The summed E-state index contributed by atoms with van der Waals surface area (Å²) in [6, 6.07) is 9.10. The van der Waals surface area contributed by atoms with E-state index in [1.165, 1.54) is 29.0 Å². The van der Waals surface area contributed by atoms with Crippen LogP contribution in [0.25, 0.3) is 6.08 Å². The zero-order valence-electron chi connectivity index (χ0n) is 15.9. The summed E-state index contributed by atoms with van der Waals surface area (Å²) in [5.74, 6) is 0.0769. The highest BCUT2D eigenvalue weighted by molar-refractivity contribution is 5.83. The minimum Gasteiger partial charge on any atom is -0.468 e. The fourth-order valence-corrected chi connectivity index (χ4v) is 3.65. The van der Waals surface area contributed by atoms with Gasteiger partial charge in [-0.25, -0.2) is 4.98 Å². The van der Waals surface area contributed by atoms with Gasteiger partial charge in [-0.3, -0.25) is 4.79 Å². The molecule has 0 saturated heterocycles. The number of alkyl halides is 3. The molecule has 0 spiro atoms. The lowest BCUT2D eigenvalue weighted by Crippen LogP contribution is -2.28. The van der Waals surface area contributed by atoms with Crippen LogP contribution in [0.15, 0.2) is 42.6 Å². The van der Waals surface area contributed by atoms with E-state index in [-0.39, 0.29) is 29.7 Å². The van der Waals surface area contributed by atoms with E-state index >= 15 is 0 Å². The number of nitrogens with one attached hydrogen (secondary N) is 1. The van der Waals surface area contributed by atoms with E-state index < -0.39 is 12.8 Å². The number of hydrogen-bond acceptors (Lipinski definition) is 3. The first-order chi connectivity index (χ1) is 13.8. The molecule has 2 unspecified atom stereocenters. The minimum absolute atomic E-state index is 0.0153. The normalized spacial score (nSPS) is 20.8. The van der Waals surface area contributed by atoms with Crippen LogP contribution in [-0.2, 0) is 11.2 Å². The average molecular weight is 402 g/mol. The van der Waals surface area contributed by atoms with Gasteiger partial charge in [0.15, 0.2) is 6.61 Å². The maximum Gasteiger partial charge on any atom is 0.422 e. The van der Waals surface area contributed by atoms with E-state index in [1.807, 2.05) is 6.92 Å². The van der Waals surface area contributed by atoms with Gasteiger partial charge in [-0.05, 0) is 47.9 Å². The maximum atomic E-state index is 12.6. The Balaban J connectivity index is 1.31. The number of allylic oxidation sites excluding steroid dienone is 1. The van der Waals surface area contributed by atoms with Crippen LogP contribution >= 0.6 is 0 Å². The van der Waals surface area contributed by atoms with E-state index in [1.54, 1.807) is 6.07 Å². The number of ether oxygens (including phenoxy) is 1. The van der Waals surface area contributed by atoms with Gasteiger partial charge >= 0.3 is 6.18 Å². The quantitative estimate of drug-likeness (QED) is 0.770. The predicted molar refractivity (Wildman–Crippen MR) is 102 cm³/mol. The van der Waals surface area contributed by atoms with Crippen LogP contribution < -0.4 is 10.1 Å². The Morgan fingerprint density at radius 3 is 2.86 bits per heavy atom. The summed E-state index contributed by atoms with van der Waals surface area (Å²) in [7, 11) is 0. The lowest BCUT2D eigenvalue weighted by Gasteiger charge is -2.15. The molecule has 1 saturated carbocycles. The van der Waals surface area contributed by atoms with Gasteiger partial charge in [-0.15, -0.1) is 0 Å².